The number of aromatic nitrogens is 3. The SMILES string of the molecule is Cc1nn(C)c2c1C(NC(=O)c1ccc(C(F)(F)F)nc1)CCC2. The lowest BCUT2D eigenvalue weighted by molar-refractivity contribution is -0.141. The van der Waals surface area contributed by atoms with Crippen LogP contribution in [0.25, 0.3) is 0 Å². The first-order valence-corrected chi connectivity index (χ1v) is 7.64. The van der Waals surface area contributed by atoms with Gasteiger partial charge in [-0.2, -0.15) is 18.3 Å². The lowest BCUT2D eigenvalue weighted by Crippen LogP contribution is -2.31. The van der Waals surface area contributed by atoms with Crippen LogP contribution in [0.5, 0.6) is 0 Å². The van der Waals surface area contributed by atoms with Gasteiger partial charge in [0.05, 0.1) is 17.3 Å². The Bertz CT molecular complexity index is 765. The van der Waals surface area contributed by atoms with E-state index in [-0.39, 0.29) is 11.6 Å². The summed E-state index contributed by atoms with van der Waals surface area (Å²) >= 11 is 0. The Kier molecular flexibility index (Phi) is 4.06. The summed E-state index contributed by atoms with van der Waals surface area (Å²) in [5.74, 6) is -0.433. The molecule has 0 saturated heterocycles. The topological polar surface area (TPSA) is 59.8 Å². The summed E-state index contributed by atoms with van der Waals surface area (Å²) in [7, 11) is 1.87. The number of carbonyl (C=O) groups excluding carboxylic acids is 1. The molecule has 0 aliphatic heterocycles. The Balaban J connectivity index is 1.79. The molecule has 0 spiro atoms. The maximum atomic E-state index is 12.5. The second-order valence-corrected chi connectivity index (χ2v) is 5.92. The van der Waals surface area contributed by atoms with Gasteiger partial charge in [0.1, 0.15) is 5.69 Å². The molecule has 1 aliphatic rings. The van der Waals surface area contributed by atoms with Gasteiger partial charge in [-0.1, -0.05) is 0 Å². The van der Waals surface area contributed by atoms with E-state index in [1.165, 1.54) is 0 Å². The summed E-state index contributed by atoms with van der Waals surface area (Å²) in [5, 5.41) is 7.28. The Morgan fingerprint density at radius 1 is 1.38 bits per heavy atom. The zero-order valence-corrected chi connectivity index (χ0v) is 13.3. The van der Waals surface area contributed by atoms with Crippen LogP contribution in [0.15, 0.2) is 18.3 Å². The number of rotatable bonds is 2. The van der Waals surface area contributed by atoms with Gasteiger partial charge in [-0.05, 0) is 38.3 Å². The van der Waals surface area contributed by atoms with Crippen LogP contribution in [-0.4, -0.2) is 20.7 Å². The van der Waals surface area contributed by atoms with Gasteiger partial charge in [0.25, 0.3) is 5.91 Å². The molecule has 5 nitrogen and oxygen atoms in total. The Morgan fingerprint density at radius 3 is 2.75 bits per heavy atom. The van der Waals surface area contributed by atoms with Crippen LogP contribution in [0.4, 0.5) is 13.2 Å². The van der Waals surface area contributed by atoms with Crippen molar-refractivity contribution < 1.29 is 18.0 Å². The molecule has 2 aromatic heterocycles. The summed E-state index contributed by atoms with van der Waals surface area (Å²) in [6, 6.07) is 1.78. The number of alkyl halides is 3. The number of hydrogen-bond donors (Lipinski definition) is 1. The number of nitrogens with one attached hydrogen (secondary N) is 1. The quantitative estimate of drug-likeness (QED) is 0.916. The van der Waals surface area contributed by atoms with Gasteiger partial charge < -0.3 is 5.32 Å². The van der Waals surface area contributed by atoms with Crippen LogP contribution >= 0.6 is 0 Å². The molecule has 24 heavy (non-hydrogen) atoms. The number of aryl methyl sites for hydroxylation is 2. The van der Waals surface area contributed by atoms with E-state index in [1.54, 1.807) is 0 Å². The van der Waals surface area contributed by atoms with Crippen molar-refractivity contribution in [2.75, 3.05) is 0 Å². The average molecular weight is 338 g/mol. The van der Waals surface area contributed by atoms with Crippen LogP contribution in [0.2, 0.25) is 0 Å². The van der Waals surface area contributed by atoms with Crippen LogP contribution in [0, 0.1) is 6.92 Å². The summed E-state index contributed by atoms with van der Waals surface area (Å²) in [6.45, 7) is 1.89. The molecule has 128 valence electrons. The highest BCUT2D eigenvalue weighted by atomic mass is 19.4. The van der Waals surface area contributed by atoms with Gasteiger partial charge in [-0.3, -0.25) is 14.5 Å². The second-order valence-electron chi connectivity index (χ2n) is 5.92. The first kappa shape index (κ1) is 16.5. The molecule has 1 amide bonds. The summed E-state index contributed by atoms with van der Waals surface area (Å²) in [5.41, 5.74) is 2.06. The fraction of sp³-hybridized carbons (Fsp3) is 0.438. The maximum absolute atomic E-state index is 12.5. The highest BCUT2D eigenvalue weighted by Crippen LogP contribution is 2.32. The number of amides is 1. The third kappa shape index (κ3) is 3.00. The molecule has 0 radical (unpaired) electrons. The average Bonchev–Trinajstić information content (AvgIpc) is 2.82. The van der Waals surface area contributed by atoms with E-state index in [9.17, 15) is 18.0 Å². The van der Waals surface area contributed by atoms with E-state index in [0.717, 1.165) is 54.5 Å². The largest absolute Gasteiger partial charge is 0.433 e. The first-order valence-electron chi connectivity index (χ1n) is 7.64. The Hall–Kier alpha value is -2.38. The molecule has 1 unspecified atom stereocenters. The standard InChI is InChI=1S/C16H17F3N4O/c1-9-14-11(4-3-5-12(14)23(2)22-9)21-15(24)10-6-7-13(20-8-10)16(17,18)19/h6-8,11H,3-5H2,1-2H3,(H,21,24). The molecule has 2 aromatic rings. The van der Waals surface area contributed by atoms with Crippen molar-refractivity contribution in [3.05, 3.63) is 46.5 Å². The Labute approximate surface area is 136 Å². The highest BCUT2D eigenvalue weighted by molar-refractivity contribution is 5.94. The minimum Gasteiger partial charge on any atom is -0.345 e. The number of hydrogen-bond acceptors (Lipinski definition) is 3. The number of nitrogens with zero attached hydrogens (tertiary/aromatic N) is 3. The van der Waals surface area contributed by atoms with E-state index in [1.807, 2.05) is 18.7 Å². The zero-order valence-electron chi connectivity index (χ0n) is 13.3. The fourth-order valence-corrected chi connectivity index (χ4v) is 3.17. The van der Waals surface area contributed by atoms with Gasteiger partial charge in [0.2, 0.25) is 0 Å². The van der Waals surface area contributed by atoms with Crippen LogP contribution in [0.1, 0.15) is 51.9 Å². The lowest BCUT2D eigenvalue weighted by atomic mass is 9.91. The van der Waals surface area contributed by atoms with E-state index < -0.39 is 17.8 Å². The van der Waals surface area contributed by atoms with E-state index >= 15 is 0 Å². The van der Waals surface area contributed by atoms with Crippen molar-refractivity contribution in [3.63, 3.8) is 0 Å². The molecule has 1 aliphatic carbocycles. The predicted octanol–water partition coefficient (Wildman–Crippen LogP) is 2.95. The summed E-state index contributed by atoms with van der Waals surface area (Å²) < 4.78 is 39.4. The molecular formula is C16H17F3N4O. The van der Waals surface area contributed by atoms with Gasteiger partial charge >= 0.3 is 6.18 Å². The minimum atomic E-state index is -4.51. The second kappa shape index (κ2) is 5.92. The summed E-state index contributed by atoms with van der Waals surface area (Å²) in [4.78, 5) is 15.7. The van der Waals surface area contributed by atoms with E-state index in [0.29, 0.717) is 0 Å². The molecule has 2 heterocycles. The van der Waals surface area contributed by atoms with Crippen molar-refractivity contribution in [1.82, 2.24) is 20.1 Å². The van der Waals surface area contributed by atoms with Gasteiger partial charge in [-0.15, -0.1) is 0 Å². The molecule has 8 heteroatoms. The lowest BCUT2D eigenvalue weighted by Gasteiger charge is -2.24. The highest BCUT2D eigenvalue weighted by Gasteiger charge is 2.32. The van der Waals surface area contributed by atoms with Crippen LogP contribution < -0.4 is 5.32 Å². The van der Waals surface area contributed by atoms with Crippen molar-refractivity contribution in [2.24, 2.45) is 7.05 Å². The minimum absolute atomic E-state index is 0.108. The monoisotopic (exact) mass is 338 g/mol. The molecular weight excluding hydrogens is 321 g/mol. The first-order chi connectivity index (χ1) is 11.3. The van der Waals surface area contributed by atoms with Crippen molar-refractivity contribution in [3.8, 4) is 0 Å². The number of pyridine rings is 1. The summed E-state index contributed by atoms with van der Waals surface area (Å²) in [6.07, 6.45) is -0.958. The van der Waals surface area contributed by atoms with Crippen molar-refractivity contribution in [1.29, 1.82) is 0 Å². The van der Waals surface area contributed by atoms with E-state index in [4.69, 9.17) is 0 Å². The number of fused-ring (bicyclic) bond motifs is 1. The Morgan fingerprint density at radius 2 is 2.12 bits per heavy atom. The third-order valence-corrected chi connectivity index (χ3v) is 4.27. The predicted molar refractivity (Wildman–Crippen MR) is 80.3 cm³/mol. The van der Waals surface area contributed by atoms with Gasteiger partial charge in [0.15, 0.2) is 0 Å². The molecule has 3 rings (SSSR count). The molecule has 0 saturated carbocycles. The molecule has 0 aromatic carbocycles. The molecule has 1 N–H and O–H groups in total. The van der Waals surface area contributed by atoms with E-state index in [2.05, 4.69) is 15.4 Å². The molecule has 0 bridgehead atoms. The maximum Gasteiger partial charge on any atom is 0.433 e. The van der Waals surface area contributed by atoms with Gasteiger partial charge in [0, 0.05) is 24.5 Å². The zero-order chi connectivity index (χ0) is 17.5. The van der Waals surface area contributed by atoms with Crippen molar-refractivity contribution in [2.45, 2.75) is 38.4 Å². The van der Waals surface area contributed by atoms with Gasteiger partial charge in [-0.25, -0.2) is 0 Å². The number of carbonyl (C=O) groups is 1. The normalized spacial score (nSPS) is 17.5. The molecule has 0 fully saturated rings. The number of halogens is 3. The van der Waals surface area contributed by atoms with Crippen LogP contribution in [-0.2, 0) is 19.6 Å². The fourth-order valence-electron chi connectivity index (χ4n) is 3.17. The molecule has 1 atom stereocenters. The van der Waals surface area contributed by atoms with Crippen molar-refractivity contribution >= 4 is 5.91 Å². The smallest absolute Gasteiger partial charge is 0.345 e. The third-order valence-electron chi connectivity index (χ3n) is 4.27. The van der Waals surface area contributed by atoms with Crippen LogP contribution in [0.3, 0.4) is 0 Å².